The number of methoxy groups -OCH3 is 1. The Hall–Kier alpha value is -1.78. The zero-order valence-corrected chi connectivity index (χ0v) is 8.16. The maximum atomic E-state index is 13.4. The van der Waals surface area contributed by atoms with Gasteiger partial charge in [0.25, 0.3) is 0 Å². The van der Waals surface area contributed by atoms with Crippen molar-refractivity contribution in [1.29, 1.82) is 0 Å². The number of benzene rings is 1. The molecule has 15 heavy (non-hydrogen) atoms. The fraction of sp³-hybridized carbons (Fsp3) is 0.300. The van der Waals surface area contributed by atoms with Gasteiger partial charge in [-0.05, 0) is 18.1 Å². The van der Waals surface area contributed by atoms with Gasteiger partial charge in [0.05, 0.1) is 7.11 Å². The van der Waals surface area contributed by atoms with Gasteiger partial charge in [-0.15, -0.1) is 0 Å². The number of ether oxygens (including phenoxy) is 1. The number of carboxylic acid groups (broad SMARTS) is 1. The van der Waals surface area contributed by atoms with Crippen molar-refractivity contribution in [3.8, 4) is 11.5 Å². The molecule has 4 nitrogen and oxygen atoms in total. The second-order valence-corrected chi connectivity index (χ2v) is 2.98. The highest BCUT2D eigenvalue weighted by Crippen LogP contribution is 2.31. The lowest BCUT2D eigenvalue weighted by Gasteiger charge is -2.07. The first-order valence-corrected chi connectivity index (χ1v) is 4.32. The van der Waals surface area contributed by atoms with Crippen molar-refractivity contribution >= 4 is 5.97 Å². The molecule has 0 aliphatic heterocycles. The molecule has 0 aliphatic carbocycles. The molecule has 0 unspecified atom stereocenters. The summed E-state index contributed by atoms with van der Waals surface area (Å²) in [5.41, 5.74) is 0.163. The third kappa shape index (κ3) is 2.59. The van der Waals surface area contributed by atoms with Crippen LogP contribution in [0.5, 0.6) is 11.5 Å². The minimum Gasteiger partial charge on any atom is -0.502 e. The Bertz CT molecular complexity index is 376. The van der Waals surface area contributed by atoms with Crippen LogP contribution in [-0.2, 0) is 11.2 Å². The van der Waals surface area contributed by atoms with Crippen LogP contribution in [0.2, 0.25) is 0 Å². The zero-order valence-electron chi connectivity index (χ0n) is 8.16. The predicted molar refractivity (Wildman–Crippen MR) is 50.6 cm³/mol. The molecule has 1 aromatic carbocycles. The van der Waals surface area contributed by atoms with Crippen molar-refractivity contribution in [3.63, 3.8) is 0 Å². The van der Waals surface area contributed by atoms with E-state index in [0.717, 1.165) is 0 Å². The smallest absolute Gasteiger partial charge is 0.303 e. The minimum atomic E-state index is -1.01. The summed E-state index contributed by atoms with van der Waals surface area (Å²) in [4.78, 5) is 10.3. The number of hydrogen-bond donors (Lipinski definition) is 2. The third-order valence-electron chi connectivity index (χ3n) is 1.99. The topological polar surface area (TPSA) is 66.8 Å². The Morgan fingerprint density at radius 1 is 1.53 bits per heavy atom. The number of aryl methyl sites for hydroxylation is 1. The fourth-order valence-corrected chi connectivity index (χ4v) is 1.19. The maximum absolute atomic E-state index is 13.4. The van der Waals surface area contributed by atoms with Gasteiger partial charge in [0.15, 0.2) is 17.3 Å². The molecular weight excluding hydrogens is 203 g/mol. The van der Waals surface area contributed by atoms with Crippen molar-refractivity contribution in [2.24, 2.45) is 0 Å². The Kier molecular flexibility index (Phi) is 3.49. The number of carboxylic acids is 1. The summed E-state index contributed by atoms with van der Waals surface area (Å²) in [6.45, 7) is 0. The Balaban J connectivity index is 2.91. The van der Waals surface area contributed by atoms with Gasteiger partial charge in [0.1, 0.15) is 0 Å². The number of aliphatic carboxylic acids is 1. The van der Waals surface area contributed by atoms with Crippen molar-refractivity contribution in [2.45, 2.75) is 12.8 Å². The first-order valence-electron chi connectivity index (χ1n) is 4.32. The normalized spacial score (nSPS) is 10.0. The second kappa shape index (κ2) is 4.63. The quantitative estimate of drug-likeness (QED) is 0.798. The van der Waals surface area contributed by atoms with Crippen molar-refractivity contribution < 1.29 is 24.1 Å². The highest BCUT2D eigenvalue weighted by molar-refractivity contribution is 5.67. The standard InChI is InChI=1S/C10H11FO4/c1-15-7-4-2-6(3-5-8(12)13)9(11)10(7)14/h2,4,14H,3,5H2,1H3,(H,12,13). The summed E-state index contributed by atoms with van der Waals surface area (Å²) < 4.78 is 18.1. The van der Waals surface area contributed by atoms with Gasteiger partial charge < -0.3 is 14.9 Å². The highest BCUT2D eigenvalue weighted by atomic mass is 19.1. The molecule has 1 aromatic rings. The van der Waals surface area contributed by atoms with Crippen molar-refractivity contribution in [2.75, 3.05) is 7.11 Å². The van der Waals surface area contributed by atoms with E-state index in [-0.39, 0.29) is 24.2 Å². The van der Waals surface area contributed by atoms with E-state index in [0.29, 0.717) is 0 Å². The summed E-state index contributed by atoms with van der Waals surface area (Å²) in [6.07, 6.45) is -0.137. The average molecular weight is 214 g/mol. The molecule has 82 valence electrons. The number of halogens is 1. The summed E-state index contributed by atoms with van der Waals surface area (Å²) in [6, 6.07) is 2.80. The van der Waals surface area contributed by atoms with E-state index in [9.17, 15) is 14.3 Å². The van der Waals surface area contributed by atoms with Crippen LogP contribution in [0.15, 0.2) is 12.1 Å². The summed E-state index contributed by atoms with van der Waals surface area (Å²) in [7, 11) is 1.31. The molecule has 0 saturated carbocycles. The Morgan fingerprint density at radius 3 is 2.73 bits per heavy atom. The SMILES string of the molecule is COc1ccc(CCC(=O)O)c(F)c1O. The van der Waals surface area contributed by atoms with Crippen LogP contribution in [0, 0.1) is 5.82 Å². The molecule has 0 atom stereocenters. The van der Waals surface area contributed by atoms with E-state index in [1.807, 2.05) is 0 Å². The van der Waals surface area contributed by atoms with Crippen molar-refractivity contribution in [3.05, 3.63) is 23.5 Å². The van der Waals surface area contributed by atoms with E-state index in [2.05, 4.69) is 0 Å². The highest BCUT2D eigenvalue weighted by Gasteiger charge is 2.13. The molecule has 1 rings (SSSR count). The van der Waals surface area contributed by atoms with Crippen LogP contribution in [-0.4, -0.2) is 23.3 Å². The molecule has 2 N–H and O–H groups in total. The summed E-state index contributed by atoms with van der Waals surface area (Å²) in [5.74, 6) is -2.38. The van der Waals surface area contributed by atoms with Crippen LogP contribution in [0.4, 0.5) is 4.39 Å². The van der Waals surface area contributed by atoms with Crippen LogP contribution >= 0.6 is 0 Å². The van der Waals surface area contributed by atoms with Gasteiger partial charge in [-0.25, -0.2) is 4.39 Å². The lowest BCUT2D eigenvalue weighted by atomic mass is 10.1. The predicted octanol–water partition coefficient (Wildman–Crippen LogP) is 1.56. The fourth-order valence-electron chi connectivity index (χ4n) is 1.19. The van der Waals surface area contributed by atoms with Gasteiger partial charge in [-0.3, -0.25) is 4.79 Å². The first kappa shape index (κ1) is 11.3. The molecule has 0 aliphatic rings. The molecule has 0 fully saturated rings. The lowest BCUT2D eigenvalue weighted by molar-refractivity contribution is -0.136. The van der Waals surface area contributed by atoms with E-state index >= 15 is 0 Å². The maximum Gasteiger partial charge on any atom is 0.303 e. The summed E-state index contributed by atoms with van der Waals surface area (Å²) in [5, 5.41) is 17.7. The average Bonchev–Trinajstić information content (AvgIpc) is 2.20. The van der Waals surface area contributed by atoms with Gasteiger partial charge in [0.2, 0.25) is 0 Å². The van der Waals surface area contributed by atoms with Crippen LogP contribution in [0.3, 0.4) is 0 Å². The van der Waals surface area contributed by atoms with E-state index in [1.165, 1.54) is 19.2 Å². The molecule has 0 heterocycles. The first-order chi connectivity index (χ1) is 7.06. The van der Waals surface area contributed by atoms with E-state index in [1.54, 1.807) is 0 Å². The number of hydrogen-bond acceptors (Lipinski definition) is 3. The number of rotatable bonds is 4. The second-order valence-electron chi connectivity index (χ2n) is 2.98. The zero-order chi connectivity index (χ0) is 11.4. The van der Waals surface area contributed by atoms with E-state index < -0.39 is 17.5 Å². The number of aromatic hydroxyl groups is 1. The number of carbonyl (C=O) groups is 1. The molecule has 0 saturated heterocycles. The summed E-state index contributed by atoms with van der Waals surface area (Å²) >= 11 is 0. The largest absolute Gasteiger partial charge is 0.502 e. The van der Waals surface area contributed by atoms with E-state index in [4.69, 9.17) is 9.84 Å². The Morgan fingerprint density at radius 2 is 2.20 bits per heavy atom. The van der Waals surface area contributed by atoms with Crippen LogP contribution in [0.25, 0.3) is 0 Å². The molecule has 0 bridgehead atoms. The lowest BCUT2D eigenvalue weighted by Crippen LogP contribution is -2.00. The number of phenolic OH excluding ortho intramolecular Hbond substituents is 1. The molecule has 0 aromatic heterocycles. The molecule has 0 amide bonds. The van der Waals surface area contributed by atoms with Gasteiger partial charge in [-0.2, -0.15) is 0 Å². The molecule has 0 spiro atoms. The molecule has 5 heteroatoms. The monoisotopic (exact) mass is 214 g/mol. The van der Waals surface area contributed by atoms with Gasteiger partial charge in [0, 0.05) is 6.42 Å². The van der Waals surface area contributed by atoms with Crippen LogP contribution < -0.4 is 4.74 Å². The molecule has 0 radical (unpaired) electrons. The van der Waals surface area contributed by atoms with Gasteiger partial charge in [-0.1, -0.05) is 6.07 Å². The van der Waals surface area contributed by atoms with Crippen molar-refractivity contribution in [1.82, 2.24) is 0 Å². The van der Waals surface area contributed by atoms with Crippen LogP contribution in [0.1, 0.15) is 12.0 Å². The number of phenols is 1. The van der Waals surface area contributed by atoms with Gasteiger partial charge >= 0.3 is 5.97 Å². The minimum absolute atomic E-state index is 0.0339. The molecular formula is C10H11FO4. The third-order valence-corrected chi connectivity index (χ3v) is 1.99. The Labute approximate surface area is 85.9 Å².